The number of furan rings is 1. The number of hydrogen-bond acceptors (Lipinski definition) is 7. The van der Waals surface area contributed by atoms with E-state index in [4.69, 9.17) is 16.0 Å². The summed E-state index contributed by atoms with van der Waals surface area (Å²) in [4.78, 5) is 16.1. The monoisotopic (exact) mass is 390 g/mol. The number of benzene rings is 1. The van der Waals surface area contributed by atoms with Crippen LogP contribution in [0.1, 0.15) is 11.3 Å². The first-order valence-electron chi connectivity index (χ1n) is 7.58. The van der Waals surface area contributed by atoms with Crippen LogP contribution in [0.5, 0.6) is 0 Å². The lowest BCUT2D eigenvalue weighted by molar-refractivity contribution is -0.118. The molecule has 26 heavy (non-hydrogen) atoms. The van der Waals surface area contributed by atoms with Gasteiger partial charge in [0.1, 0.15) is 5.76 Å². The fourth-order valence-corrected chi connectivity index (χ4v) is 2.62. The average molecular weight is 391 g/mol. The molecule has 0 spiro atoms. The number of anilines is 1. The van der Waals surface area contributed by atoms with Gasteiger partial charge in [0.2, 0.25) is 17.0 Å². The highest BCUT2D eigenvalue weighted by atomic mass is 35.5. The first-order chi connectivity index (χ1) is 12.7. The van der Waals surface area contributed by atoms with Gasteiger partial charge in [0.25, 0.3) is 0 Å². The maximum atomic E-state index is 11.9. The van der Waals surface area contributed by atoms with E-state index in [0.29, 0.717) is 28.4 Å². The molecule has 2 heterocycles. The molecule has 0 aliphatic rings. The highest BCUT2D eigenvalue weighted by molar-refractivity contribution is 7.99. The van der Waals surface area contributed by atoms with Gasteiger partial charge in [0.15, 0.2) is 0 Å². The van der Waals surface area contributed by atoms with Crippen molar-refractivity contribution in [3.8, 4) is 0 Å². The number of nitrogens with zero attached hydrogens (tertiary/aromatic N) is 3. The van der Waals surface area contributed by atoms with Crippen LogP contribution in [0.25, 0.3) is 0 Å². The van der Waals surface area contributed by atoms with E-state index in [1.54, 1.807) is 30.5 Å². The molecule has 0 fully saturated rings. The van der Waals surface area contributed by atoms with Crippen LogP contribution in [-0.4, -0.2) is 33.1 Å². The SMILES string of the molecule is O=C(CSc1n[nH]c(N/N=C\c2ccco2)n1)NCc1ccc(Cl)cc1. The Morgan fingerprint density at radius 2 is 2.19 bits per heavy atom. The Morgan fingerprint density at radius 1 is 1.35 bits per heavy atom. The zero-order chi connectivity index (χ0) is 18.2. The average Bonchev–Trinajstić information content (AvgIpc) is 3.32. The highest BCUT2D eigenvalue weighted by Crippen LogP contribution is 2.14. The maximum Gasteiger partial charge on any atom is 0.240 e. The van der Waals surface area contributed by atoms with Crippen molar-refractivity contribution in [3.63, 3.8) is 0 Å². The maximum absolute atomic E-state index is 11.9. The van der Waals surface area contributed by atoms with Crippen LogP contribution in [0.2, 0.25) is 5.02 Å². The van der Waals surface area contributed by atoms with Crippen molar-refractivity contribution in [2.24, 2.45) is 5.10 Å². The number of amides is 1. The highest BCUT2D eigenvalue weighted by Gasteiger charge is 2.07. The van der Waals surface area contributed by atoms with E-state index in [1.165, 1.54) is 18.0 Å². The Hall–Kier alpha value is -2.78. The fourth-order valence-electron chi connectivity index (χ4n) is 1.87. The van der Waals surface area contributed by atoms with Crippen LogP contribution in [0, 0.1) is 0 Å². The molecule has 8 nitrogen and oxygen atoms in total. The predicted octanol–water partition coefficient (Wildman–Crippen LogP) is 2.91. The molecule has 2 aromatic heterocycles. The van der Waals surface area contributed by atoms with Gasteiger partial charge in [-0.25, -0.2) is 10.5 Å². The van der Waals surface area contributed by atoms with Crippen LogP contribution < -0.4 is 10.7 Å². The number of halogens is 1. The van der Waals surface area contributed by atoms with Crippen molar-refractivity contribution in [3.05, 3.63) is 59.0 Å². The number of aromatic nitrogens is 3. The number of carbonyl (C=O) groups excluding carboxylic acids is 1. The molecular weight excluding hydrogens is 376 g/mol. The van der Waals surface area contributed by atoms with Gasteiger partial charge >= 0.3 is 0 Å². The van der Waals surface area contributed by atoms with Gasteiger partial charge in [-0.3, -0.25) is 4.79 Å². The van der Waals surface area contributed by atoms with Crippen LogP contribution in [0.15, 0.2) is 57.3 Å². The smallest absolute Gasteiger partial charge is 0.240 e. The minimum Gasteiger partial charge on any atom is -0.463 e. The quantitative estimate of drug-likeness (QED) is 0.310. The standard InChI is InChI=1S/C16H15ClN6O2S/c17-12-5-3-11(4-6-12)8-18-14(24)10-26-16-20-15(22-23-16)21-19-9-13-2-1-7-25-13/h1-7,9H,8,10H2,(H,18,24)(H2,20,21,22,23)/b19-9-. The fraction of sp³-hybridized carbons (Fsp3) is 0.125. The van der Waals surface area contributed by atoms with Crippen LogP contribution in [0.3, 0.4) is 0 Å². The van der Waals surface area contributed by atoms with Gasteiger partial charge in [-0.1, -0.05) is 35.5 Å². The number of hydrazone groups is 1. The molecule has 1 amide bonds. The van der Waals surface area contributed by atoms with Gasteiger partial charge in [-0.05, 0) is 29.8 Å². The second-order valence-corrected chi connectivity index (χ2v) is 6.42. The molecule has 1 aromatic carbocycles. The number of rotatable bonds is 8. The zero-order valence-electron chi connectivity index (χ0n) is 13.5. The lowest BCUT2D eigenvalue weighted by atomic mass is 10.2. The van der Waals surface area contributed by atoms with Crippen molar-refractivity contribution < 1.29 is 9.21 Å². The first kappa shape index (κ1) is 18.0. The molecule has 3 aromatic rings. The first-order valence-corrected chi connectivity index (χ1v) is 8.94. The summed E-state index contributed by atoms with van der Waals surface area (Å²) >= 11 is 7.05. The van der Waals surface area contributed by atoms with E-state index >= 15 is 0 Å². The van der Waals surface area contributed by atoms with Crippen molar-refractivity contribution in [1.29, 1.82) is 0 Å². The molecule has 3 N–H and O–H groups in total. The van der Waals surface area contributed by atoms with Gasteiger partial charge in [0, 0.05) is 11.6 Å². The molecule has 0 aliphatic carbocycles. The Bertz CT molecular complexity index is 863. The van der Waals surface area contributed by atoms with Gasteiger partial charge in [0.05, 0.1) is 18.2 Å². The number of aromatic amines is 1. The van der Waals surface area contributed by atoms with Gasteiger partial charge < -0.3 is 9.73 Å². The normalized spacial score (nSPS) is 11.0. The molecular formula is C16H15ClN6O2S. The molecule has 0 unspecified atom stereocenters. The summed E-state index contributed by atoms with van der Waals surface area (Å²) < 4.78 is 5.11. The minimum absolute atomic E-state index is 0.111. The van der Waals surface area contributed by atoms with Crippen LogP contribution in [0.4, 0.5) is 5.95 Å². The van der Waals surface area contributed by atoms with E-state index in [9.17, 15) is 4.79 Å². The lowest BCUT2D eigenvalue weighted by Gasteiger charge is -2.04. The Morgan fingerprint density at radius 3 is 2.96 bits per heavy atom. The minimum atomic E-state index is -0.111. The third-order valence-electron chi connectivity index (χ3n) is 3.11. The number of nitrogens with one attached hydrogen (secondary N) is 3. The molecule has 10 heteroatoms. The van der Waals surface area contributed by atoms with E-state index in [1.807, 2.05) is 12.1 Å². The predicted molar refractivity (Wildman–Crippen MR) is 100 cm³/mol. The molecule has 0 saturated carbocycles. The molecule has 134 valence electrons. The summed E-state index contributed by atoms with van der Waals surface area (Å²) in [7, 11) is 0. The third-order valence-corrected chi connectivity index (χ3v) is 4.20. The van der Waals surface area contributed by atoms with E-state index in [0.717, 1.165) is 5.56 Å². The largest absolute Gasteiger partial charge is 0.463 e. The number of carbonyl (C=O) groups is 1. The Labute approximate surface area is 158 Å². The van der Waals surface area contributed by atoms with E-state index < -0.39 is 0 Å². The van der Waals surface area contributed by atoms with Crippen molar-refractivity contribution in [2.75, 3.05) is 11.2 Å². The number of H-pyrrole nitrogens is 1. The molecule has 0 atom stereocenters. The van der Waals surface area contributed by atoms with Gasteiger partial charge in [-0.15, -0.1) is 5.10 Å². The summed E-state index contributed by atoms with van der Waals surface area (Å²) in [5.74, 6) is 1.08. The lowest BCUT2D eigenvalue weighted by Crippen LogP contribution is -2.24. The van der Waals surface area contributed by atoms with Crippen LogP contribution >= 0.6 is 23.4 Å². The number of thioether (sulfide) groups is 1. The molecule has 0 radical (unpaired) electrons. The zero-order valence-corrected chi connectivity index (χ0v) is 15.0. The summed E-state index contributed by atoms with van der Waals surface area (Å²) in [5.41, 5.74) is 3.68. The van der Waals surface area contributed by atoms with E-state index in [-0.39, 0.29) is 11.7 Å². The summed E-state index contributed by atoms with van der Waals surface area (Å²) in [6.45, 7) is 0.443. The van der Waals surface area contributed by atoms with E-state index in [2.05, 4.69) is 31.0 Å². The van der Waals surface area contributed by atoms with Crippen molar-refractivity contribution in [1.82, 2.24) is 20.5 Å². The molecule has 3 rings (SSSR count). The summed E-state index contributed by atoms with van der Waals surface area (Å²) in [6, 6.07) is 10.8. The Kier molecular flexibility index (Phi) is 6.29. The van der Waals surface area contributed by atoms with Crippen molar-refractivity contribution in [2.45, 2.75) is 11.7 Å². The molecule has 0 saturated heterocycles. The second-order valence-electron chi connectivity index (χ2n) is 5.04. The second kappa shape index (κ2) is 9.07. The van der Waals surface area contributed by atoms with Crippen LogP contribution in [-0.2, 0) is 11.3 Å². The summed E-state index contributed by atoms with van der Waals surface area (Å²) in [6.07, 6.45) is 3.07. The van der Waals surface area contributed by atoms with Gasteiger partial charge in [-0.2, -0.15) is 10.1 Å². The summed E-state index contributed by atoms with van der Waals surface area (Å²) in [5, 5.41) is 14.6. The van der Waals surface area contributed by atoms with Crippen molar-refractivity contribution >= 4 is 41.4 Å². The molecule has 0 aliphatic heterocycles. The third kappa shape index (κ3) is 5.64. The Balaban J connectivity index is 1.39. The molecule has 0 bridgehead atoms. The topological polar surface area (TPSA) is 108 Å². The number of hydrogen-bond donors (Lipinski definition) is 3.